The predicted octanol–water partition coefficient (Wildman–Crippen LogP) is 6.69. The van der Waals surface area contributed by atoms with Crippen molar-refractivity contribution >= 4 is 0 Å². The number of rotatable bonds is 6. The van der Waals surface area contributed by atoms with E-state index in [1.807, 2.05) is 23.8 Å². The highest BCUT2D eigenvalue weighted by Gasteiger charge is 2.26. The number of imidazole rings is 1. The maximum absolute atomic E-state index is 14.3. The second-order valence-corrected chi connectivity index (χ2v) is 8.86. The van der Waals surface area contributed by atoms with Gasteiger partial charge in [-0.05, 0) is 56.7 Å². The molecule has 0 amide bonds. The summed E-state index contributed by atoms with van der Waals surface area (Å²) in [6, 6.07) is 8.42. The van der Waals surface area contributed by atoms with Gasteiger partial charge in [0.1, 0.15) is 23.1 Å². The Morgan fingerprint density at radius 1 is 0.919 bits per heavy atom. The van der Waals surface area contributed by atoms with Crippen LogP contribution < -0.4 is 4.74 Å². The number of nitrogens with zero attached hydrogens (tertiary/aromatic N) is 5. The first-order valence-electron chi connectivity index (χ1n) is 11.5. The number of hydrogen-bond acceptors (Lipinski definition) is 4. The lowest BCUT2D eigenvalue weighted by molar-refractivity contribution is 0.150. The minimum absolute atomic E-state index is 0.105. The molecule has 0 aliphatic carbocycles. The zero-order valence-corrected chi connectivity index (χ0v) is 20.5. The third-order valence-electron chi connectivity index (χ3n) is 6.48. The first-order chi connectivity index (χ1) is 17.7. The molecule has 3 aromatic rings. The van der Waals surface area contributed by atoms with Crippen LogP contribution >= 0.6 is 0 Å². The van der Waals surface area contributed by atoms with Crippen LogP contribution in [-0.4, -0.2) is 31.4 Å². The van der Waals surface area contributed by atoms with Crippen molar-refractivity contribution in [2.75, 3.05) is 7.11 Å². The molecule has 10 heteroatoms. The molecule has 5 rings (SSSR count). The lowest BCUT2D eigenvalue weighted by Gasteiger charge is -2.22. The fraction of sp³-hybridized carbons (Fsp3) is 0.222. The Labute approximate surface area is 210 Å². The first-order valence-corrected chi connectivity index (χ1v) is 11.5. The predicted molar refractivity (Wildman–Crippen MR) is 130 cm³/mol. The highest BCUT2D eigenvalue weighted by atomic mass is 19.3. The summed E-state index contributed by atoms with van der Waals surface area (Å²) in [6.45, 7) is 4.88. The topological polar surface area (TPSA) is 57.8 Å². The number of aromatic nitrogens is 5. The molecule has 6 nitrogen and oxygen atoms in total. The Morgan fingerprint density at radius 3 is 2.27 bits per heavy atom. The summed E-state index contributed by atoms with van der Waals surface area (Å²) in [7, 11) is 1.53. The van der Waals surface area contributed by atoms with E-state index in [0.29, 0.717) is 28.4 Å². The largest absolute Gasteiger partial charge is 0.495 e. The average Bonchev–Trinajstić information content (AvgIpc) is 3.51. The Bertz CT molecular complexity index is 1550. The van der Waals surface area contributed by atoms with Crippen molar-refractivity contribution in [3.63, 3.8) is 0 Å². The molecule has 0 spiro atoms. The molecule has 0 N–H and O–H groups in total. The van der Waals surface area contributed by atoms with Crippen LogP contribution in [0.3, 0.4) is 0 Å². The SMILES string of the molecule is COc1cc(-c2nnc3n([C@@H](C)c4cc(F)c(C)c(F)c4)cc(C(F)F)cc2-3)ccc1-n1cnc(C)c1. The van der Waals surface area contributed by atoms with Crippen molar-refractivity contribution in [1.29, 1.82) is 0 Å². The van der Waals surface area contributed by atoms with Gasteiger partial charge in [-0.2, -0.15) is 0 Å². The molecule has 2 aromatic carbocycles. The lowest BCUT2D eigenvalue weighted by Crippen LogP contribution is -2.13. The van der Waals surface area contributed by atoms with E-state index >= 15 is 0 Å². The van der Waals surface area contributed by atoms with Crippen LogP contribution in [-0.2, 0) is 0 Å². The van der Waals surface area contributed by atoms with E-state index in [2.05, 4.69) is 15.2 Å². The summed E-state index contributed by atoms with van der Waals surface area (Å²) < 4.78 is 65.3. The van der Waals surface area contributed by atoms with E-state index in [9.17, 15) is 17.6 Å². The number of halogens is 4. The van der Waals surface area contributed by atoms with Crippen molar-refractivity contribution < 1.29 is 22.3 Å². The summed E-state index contributed by atoms with van der Waals surface area (Å²) >= 11 is 0. The third kappa shape index (κ3) is 4.32. The van der Waals surface area contributed by atoms with Crippen molar-refractivity contribution in [3.05, 3.63) is 89.1 Å². The molecule has 2 aliphatic rings. The number of alkyl halides is 2. The number of fused-ring (bicyclic) bond motifs is 1. The Kier molecular flexibility index (Phi) is 6.18. The van der Waals surface area contributed by atoms with Crippen molar-refractivity contribution in [1.82, 2.24) is 24.3 Å². The fourth-order valence-corrected chi connectivity index (χ4v) is 4.35. The zero-order valence-electron chi connectivity index (χ0n) is 20.5. The number of methoxy groups -OCH3 is 1. The van der Waals surface area contributed by atoms with Gasteiger partial charge in [0.25, 0.3) is 6.43 Å². The second kappa shape index (κ2) is 9.34. The van der Waals surface area contributed by atoms with Crippen LogP contribution in [0.4, 0.5) is 17.6 Å². The van der Waals surface area contributed by atoms with Crippen molar-refractivity contribution in [2.24, 2.45) is 0 Å². The standard InChI is InChI=1S/C27H23F4N5O/c1-14-11-35(13-32-14)23-6-5-17(10-24(23)37-4)25-20-7-19(26(30)31)12-36(27(20)34-33-25)16(3)18-8-21(28)15(2)22(29)9-18/h5-13,16,26H,1-4H3/t16-/m0/s1. The van der Waals surface area contributed by atoms with Crippen LogP contribution in [0.5, 0.6) is 5.75 Å². The third-order valence-corrected chi connectivity index (χ3v) is 6.48. The maximum atomic E-state index is 14.3. The summed E-state index contributed by atoms with van der Waals surface area (Å²) in [6.07, 6.45) is 1.99. The van der Waals surface area contributed by atoms with Crippen LogP contribution in [0.15, 0.2) is 55.1 Å². The fourth-order valence-electron chi connectivity index (χ4n) is 4.35. The van der Waals surface area contributed by atoms with E-state index in [-0.39, 0.29) is 16.7 Å². The monoisotopic (exact) mass is 509 g/mol. The highest BCUT2D eigenvalue weighted by molar-refractivity contribution is 5.80. The summed E-state index contributed by atoms with van der Waals surface area (Å²) in [4.78, 5) is 4.24. The Morgan fingerprint density at radius 2 is 1.65 bits per heavy atom. The molecule has 0 radical (unpaired) electrons. The van der Waals surface area contributed by atoms with Crippen molar-refractivity contribution in [2.45, 2.75) is 33.2 Å². The van der Waals surface area contributed by atoms with Crippen LogP contribution in [0.1, 0.15) is 41.8 Å². The smallest absolute Gasteiger partial charge is 0.265 e. The van der Waals surface area contributed by atoms with E-state index in [1.54, 1.807) is 25.4 Å². The quantitative estimate of drug-likeness (QED) is 0.240. The molecular formula is C27H23F4N5O. The molecule has 0 fully saturated rings. The number of pyridine rings is 1. The van der Waals surface area contributed by atoms with Crippen LogP contribution in [0, 0.1) is 25.5 Å². The number of hydrogen-bond donors (Lipinski definition) is 0. The van der Waals surface area contributed by atoms with E-state index in [0.717, 1.165) is 11.4 Å². The van der Waals surface area contributed by atoms with Gasteiger partial charge in [0.05, 0.1) is 30.9 Å². The summed E-state index contributed by atoms with van der Waals surface area (Å²) in [5, 5.41) is 8.56. The van der Waals surface area contributed by atoms with Gasteiger partial charge in [-0.1, -0.05) is 6.07 Å². The van der Waals surface area contributed by atoms with Gasteiger partial charge in [-0.25, -0.2) is 22.5 Å². The summed E-state index contributed by atoms with van der Waals surface area (Å²) in [5.41, 5.74) is 2.87. The van der Waals surface area contributed by atoms with Gasteiger partial charge >= 0.3 is 0 Å². The van der Waals surface area contributed by atoms with Gasteiger partial charge in [0.15, 0.2) is 5.82 Å². The van der Waals surface area contributed by atoms with E-state index in [4.69, 9.17) is 4.74 Å². The van der Waals surface area contributed by atoms with E-state index in [1.165, 1.54) is 43.0 Å². The molecule has 190 valence electrons. The molecule has 37 heavy (non-hydrogen) atoms. The zero-order chi connectivity index (χ0) is 26.4. The minimum Gasteiger partial charge on any atom is -0.495 e. The first kappa shape index (κ1) is 24.5. The lowest BCUT2D eigenvalue weighted by atomic mass is 10.0. The van der Waals surface area contributed by atoms with Gasteiger partial charge < -0.3 is 13.9 Å². The van der Waals surface area contributed by atoms with Crippen LogP contribution in [0.25, 0.3) is 28.3 Å². The molecule has 0 saturated carbocycles. The molecular weight excluding hydrogens is 486 g/mol. The maximum Gasteiger partial charge on any atom is 0.265 e. The van der Waals surface area contributed by atoms with Gasteiger partial charge in [0.2, 0.25) is 0 Å². The van der Waals surface area contributed by atoms with E-state index < -0.39 is 24.1 Å². The average molecular weight is 510 g/mol. The van der Waals surface area contributed by atoms with Gasteiger partial charge in [-0.15, -0.1) is 10.2 Å². The molecule has 1 aromatic heterocycles. The second-order valence-electron chi connectivity index (χ2n) is 8.86. The molecule has 0 saturated heterocycles. The highest BCUT2D eigenvalue weighted by Crippen LogP contribution is 2.39. The van der Waals surface area contributed by atoms with Crippen LogP contribution in [0.2, 0.25) is 0 Å². The van der Waals surface area contributed by atoms with Crippen molar-refractivity contribution in [3.8, 4) is 34.1 Å². The number of benzene rings is 2. The normalized spacial score (nSPS) is 12.5. The molecule has 0 bridgehead atoms. The minimum atomic E-state index is -2.78. The Hall–Kier alpha value is -4.21. The molecule has 1 atom stereocenters. The summed E-state index contributed by atoms with van der Waals surface area (Å²) in [5.74, 6) is -0.582. The van der Waals surface area contributed by atoms with Gasteiger partial charge in [0, 0.05) is 34.6 Å². The number of ether oxygens (including phenoxy) is 1. The molecule has 0 unspecified atom stereocenters. The van der Waals surface area contributed by atoms with Gasteiger partial charge in [-0.3, -0.25) is 0 Å². The molecule has 3 heterocycles. The Balaban J connectivity index is 1.62. The number of aryl methyl sites for hydroxylation is 1. The molecule has 2 aliphatic heterocycles.